The molecule has 8 heavy (non-hydrogen) atoms. The van der Waals surface area contributed by atoms with Gasteiger partial charge < -0.3 is 4.57 Å². The van der Waals surface area contributed by atoms with E-state index in [0.717, 1.165) is 0 Å². The molecule has 0 aromatic heterocycles. The summed E-state index contributed by atoms with van der Waals surface area (Å²) < 4.78 is 2.26. The van der Waals surface area contributed by atoms with Crippen LogP contribution in [0.4, 0.5) is 0 Å². The standard InChI is InChI=1S/C3H11NSi.C2H8Si/c1-4(2)5-3;1-3-2/h5H2,1-3H3;3H2,1-2H3. The Morgan fingerprint density at radius 2 is 1.12 bits per heavy atom. The first-order chi connectivity index (χ1) is 3.68. The summed E-state index contributed by atoms with van der Waals surface area (Å²) >= 11 is 0. The van der Waals surface area contributed by atoms with Gasteiger partial charge in [0.25, 0.3) is 0 Å². The van der Waals surface area contributed by atoms with Crippen molar-refractivity contribution in [2.24, 2.45) is 0 Å². The lowest BCUT2D eigenvalue weighted by atomic mass is 11.3. The quantitative estimate of drug-likeness (QED) is 0.472. The van der Waals surface area contributed by atoms with Crippen molar-refractivity contribution in [2.75, 3.05) is 14.1 Å². The summed E-state index contributed by atoms with van der Waals surface area (Å²) in [6.45, 7) is 6.79. The highest BCUT2D eigenvalue weighted by Crippen LogP contribution is 1.60. The summed E-state index contributed by atoms with van der Waals surface area (Å²) in [5.41, 5.74) is 0. The van der Waals surface area contributed by atoms with Gasteiger partial charge in [-0.15, -0.1) is 0 Å². The van der Waals surface area contributed by atoms with Crippen LogP contribution in [-0.4, -0.2) is 37.9 Å². The Morgan fingerprint density at radius 1 is 1.00 bits per heavy atom. The smallest absolute Gasteiger partial charge is 0.0913 e. The van der Waals surface area contributed by atoms with Crippen molar-refractivity contribution in [3.8, 4) is 0 Å². The second kappa shape index (κ2) is 10.4. The van der Waals surface area contributed by atoms with E-state index in [1.165, 1.54) is 0 Å². The average molecular weight is 149 g/mol. The second-order valence-electron chi connectivity index (χ2n) is 2.10. The average Bonchev–Trinajstić information content (AvgIpc) is 1.69. The van der Waals surface area contributed by atoms with Crippen molar-refractivity contribution in [3.63, 3.8) is 0 Å². The molecule has 0 saturated carbocycles. The Hall–Kier alpha value is 0.394. The summed E-state index contributed by atoms with van der Waals surface area (Å²) in [6, 6.07) is 0. The number of hydrogen-bond donors (Lipinski definition) is 0. The van der Waals surface area contributed by atoms with Crippen LogP contribution in [0.2, 0.25) is 19.6 Å². The van der Waals surface area contributed by atoms with Gasteiger partial charge in [-0.05, 0) is 14.1 Å². The first kappa shape index (κ1) is 11.2. The van der Waals surface area contributed by atoms with E-state index in [4.69, 9.17) is 0 Å². The molecule has 0 saturated heterocycles. The zero-order valence-electron chi connectivity index (χ0n) is 6.86. The van der Waals surface area contributed by atoms with Crippen LogP contribution in [0.3, 0.4) is 0 Å². The molecule has 0 heterocycles. The van der Waals surface area contributed by atoms with E-state index < -0.39 is 0 Å². The van der Waals surface area contributed by atoms with Gasteiger partial charge in [0.15, 0.2) is 0 Å². The zero-order valence-corrected chi connectivity index (χ0v) is 9.69. The SMILES string of the molecule is C[SiH2]C.C[SiH2]N(C)C. The van der Waals surface area contributed by atoms with Gasteiger partial charge in [-0.25, -0.2) is 0 Å². The van der Waals surface area contributed by atoms with Gasteiger partial charge in [-0.2, -0.15) is 0 Å². The molecule has 0 atom stereocenters. The predicted octanol–water partition coefficient (Wildman–Crippen LogP) is -0.0687. The van der Waals surface area contributed by atoms with E-state index >= 15 is 0 Å². The van der Waals surface area contributed by atoms with Crippen molar-refractivity contribution in [2.45, 2.75) is 19.6 Å². The van der Waals surface area contributed by atoms with Gasteiger partial charge in [0.05, 0.1) is 9.68 Å². The lowest BCUT2D eigenvalue weighted by molar-refractivity contribution is 0.665. The van der Waals surface area contributed by atoms with Gasteiger partial charge in [-0.3, -0.25) is 0 Å². The largest absolute Gasteiger partial charge is 0.335 e. The lowest BCUT2D eigenvalue weighted by Gasteiger charge is -1.99. The van der Waals surface area contributed by atoms with E-state index in [2.05, 4.69) is 38.3 Å². The summed E-state index contributed by atoms with van der Waals surface area (Å²) in [7, 11) is 4.83. The molecule has 0 radical (unpaired) electrons. The maximum atomic E-state index is 2.26. The Labute approximate surface area is 58.2 Å². The summed E-state index contributed by atoms with van der Waals surface area (Å²) in [5, 5.41) is 0. The minimum Gasteiger partial charge on any atom is -0.335 e. The Morgan fingerprint density at radius 3 is 1.12 bits per heavy atom. The minimum atomic E-state index is 0.182. The van der Waals surface area contributed by atoms with Crippen molar-refractivity contribution in [1.29, 1.82) is 0 Å². The molecule has 0 N–H and O–H groups in total. The molecule has 0 unspecified atom stereocenters. The van der Waals surface area contributed by atoms with Crippen molar-refractivity contribution >= 4 is 19.2 Å². The van der Waals surface area contributed by atoms with Crippen LogP contribution in [-0.2, 0) is 0 Å². The number of hydrogen-bond acceptors (Lipinski definition) is 1. The highest BCUT2D eigenvalue weighted by atomic mass is 28.2. The van der Waals surface area contributed by atoms with Gasteiger partial charge in [-0.1, -0.05) is 19.6 Å². The molecule has 0 aromatic rings. The molecule has 0 aliphatic carbocycles. The van der Waals surface area contributed by atoms with Crippen LogP contribution >= 0.6 is 0 Å². The molecule has 0 aliphatic rings. The van der Waals surface area contributed by atoms with Gasteiger partial charge >= 0.3 is 0 Å². The molecule has 0 rings (SSSR count). The fourth-order valence-electron chi connectivity index (χ4n) is 0. The van der Waals surface area contributed by atoms with Gasteiger partial charge in [0, 0.05) is 9.52 Å². The van der Waals surface area contributed by atoms with Crippen molar-refractivity contribution in [3.05, 3.63) is 0 Å². The van der Waals surface area contributed by atoms with Crippen LogP contribution in [0.15, 0.2) is 0 Å². The first-order valence-corrected chi connectivity index (χ1v) is 8.21. The third-order valence-corrected chi connectivity index (χ3v) is 1.90. The number of nitrogens with zero attached hydrogens (tertiary/aromatic N) is 1. The fraction of sp³-hybridized carbons (Fsp3) is 1.00. The summed E-state index contributed by atoms with van der Waals surface area (Å²) in [5.74, 6) is 0. The normalized spacial score (nSPS) is 9.75. The summed E-state index contributed by atoms with van der Waals surface area (Å²) in [4.78, 5) is 0. The fourth-order valence-corrected chi connectivity index (χ4v) is 0. The second-order valence-corrected chi connectivity index (χ2v) is 5.41. The monoisotopic (exact) mass is 149 g/mol. The van der Waals surface area contributed by atoms with E-state index in [1.54, 1.807) is 0 Å². The van der Waals surface area contributed by atoms with Gasteiger partial charge in [0.1, 0.15) is 0 Å². The van der Waals surface area contributed by atoms with Crippen molar-refractivity contribution < 1.29 is 0 Å². The lowest BCUT2D eigenvalue weighted by Crippen LogP contribution is -2.12. The first-order valence-electron chi connectivity index (χ1n) is 3.33. The molecule has 0 amide bonds. The highest BCUT2D eigenvalue weighted by Gasteiger charge is 1.73. The van der Waals surface area contributed by atoms with E-state index in [9.17, 15) is 0 Å². The topological polar surface area (TPSA) is 3.24 Å². The number of rotatable bonds is 1. The van der Waals surface area contributed by atoms with Crippen LogP contribution in [0, 0.1) is 0 Å². The van der Waals surface area contributed by atoms with E-state index in [-0.39, 0.29) is 9.68 Å². The Balaban J connectivity index is 0. The van der Waals surface area contributed by atoms with Crippen LogP contribution < -0.4 is 0 Å². The molecule has 0 fully saturated rings. The zero-order chi connectivity index (χ0) is 6.99. The van der Waals surface area contributed by atoms with Crippen LogP contribution in [0.5, 0.6) is 0 Å². The molecular weight excluding hydrogens is 130 g/mol. The third-order valence-electron chi connectivity index (χ3n) is 0.632. The Kier molecular flexibility index (Phi) is 14.6. The Bertz CT molecular complexity index is 31.6. The molecule has 0 spiro atoms. The molecule has 3 heteroatoms. The maximum Gasteiger partial charge on any atom is 0.0913 e. The van der Waals surface area contributed by atoms with Crippen LogP contribution in [0.25, 0.3) is 0 Å². The van der Waals surface area contributed by atoms with E-state index in [0.29, 0.717) is 9.52 Å². The minimum absolute atomic E-state index is 0.182. The van der Waals surface area contributed by atoms with Gasteiger partial charge in [0.2, 0.25) is 0 Å². The van der Waals surface area contributed by atoms with Crippen LogP contribution in [0.1, 0.15) is 0 Å². The molecule has 0 bridgehead atoms. The molecule has 0 aliphatic heterocycles. The highest BCUT2D eigenvalue weighted by molar-refractivity contribution is 6.31. The predicted molar refractivity (Wildman–Crippen MR) is 48.4 cm³/mol. The molecule has 52 valence electrons. The van der Waals surface area contributed by atoms with E-state index in [1.807, 2.05) is 0 Å². The maximum absolute atomic E-state index is 2.26. The third kappa shape index (κ3) is 32.5. The summed E-state index contributed by atoms with van der Waals surface area (Å²) in [6.07, 6.45) is 0. The molecular formula is C5H19NSi2. The molecule has 1 nitrogen and oxygen atoms in total. The van der Waals surface area contributed by atoms with Crippen molar-refractivity contribution in [1.82, 2.24) is 4.57 Å². The molecule has 0 aromatic carbocycles.